The Balaban J connectivity index is 1.89. The molecule has 2 nitrogen and oxygen atoms in total. The van der Waals surface area contributed by atoms with Crippen molar-refractivity contribution >= 4 is 11.6 Å². The summed E-state index contributed by atoms with van der Waals surface area (Å²) >= 11 is 6.11. The van der Waals surface area contributed by atoms with E-state index in [-0.39, 0.29) is 0 Å². The molecule has 1 aliphatic rings. The molecule has 0 unspecified atom stereocenters. The van der Waals surface area contributed by atoms with Crippen molar-refractivity contribution in [3.05, 3.63) is 34.9 Å². The molecule has 16 heavy (non-hydrogen) atoms. The van der Waals surface area contributed by atoms with Gasteiger partial charge in [-0.05, 0) is 24.5 Å². The van der Waals surface area contributed by atoms with Gasteiger partial charge in [-0.25, -0.2) is 0 Å². The summed E-state index contributed by atoms with van der Waals surface area (Å²) in [4.78, 5) is 0. The van der Waals surface area contributed by atoms with Crippen LogP contribution in [0, 0.1) is 0 Å². The van der Waals surface area contributed by atoms with Gasteiger partial charge in [0.1, 0.15) is 0 Å². The van der Waals surface area contributed by atoms with Gasteiger partial charge in [0.2, 0.25) is 0 Å². The Hall–Kier alpha value is -0.570. The maximum Gasteiger partial charge on any atom is 0.0450 e. The highest BCUT2D eigenvalue weighted by Gasteiger charge is 2.20. The molecule has 0 saturated heterocycles. The van der Waals surface area contributed by atoms with E-state index in [2.05, 4.69) is 11.4 Å². The standard InChI is InChI=1S/C13H19ClN2/c14-11-6-2-1-5-10(11)9-16-13-8-4-3-7-12(13)15/h1-2,5-6,12-13,16H,3-4,7-9,15H2/t12-,13-/m1/s1. The minimum Gasteiger partial charge on any atom is -0.326 e. The number of nitrogens with two attached hydrogens (primary N) is 1. The lowest BCUT2D eigenvalue weighted by Crippen LogP contribution is -2.46. The van der Waals surface area contributed by atoms with Crippen LogP contribution in [0.1, 0.15) is 31.2 Å². The molecular weight excluding hydrogens is 220 g/mol. The number of hydrogen-bond donors (Lipinski definition) is 2. The van der Waals surface area contributed by atoms with Crippen molar-refractivity contribution in [2.45, 2.75) is 44.3 Å². The van der Waals surface area contributed by atoms with Gasteiger partial charge in [-0.3, -0.25) is 0 Å². The molecule has 0 aromatic heterocycles. The first-order valence-corrected chi connectivity index (χ1v) is 6.37. The molecular formula is C13H19ClN2. The summed E-state index contributed by atoms with van der Waals surface area (Å²) in [6.07, 6.45) is 4.88. The van der Waals surface area contributed by atoms with Crippen LogP contribution in [-0.4, -0.2) is 12.1 Å². The fourth-order valence-corrected chi connectivity index (χ4v) is 2.50. The second-order valence-corrected chi connectivity index (χ2v) is 4.93. The third-order valence-electron chi connectivity index (χ3n) is 3.33. The van der Waals surface area contributed by atoms with Crippen molar-refractivity contribution in [2.75, 3.05) is 0 Å². The molecule has 3 heteroatoms. The first-order chi connectivity index (χ1) is 7.77. The van der Waals surface area contributed by atoms with Gasteiger partial charge in [-0.15, -0.1) is 0 Å². The van der Waals surface area contributed by atoms with E-state index in [9.17, 15) is 0 Å². The Morgan fingerprint density at radius 1 is 1.25 bits per heavy atom. The summed E-state index contributed by atoms with van der Waals surface area (Å²) in [7, 11) is 0. The number of nitrogens with one attached hydrogen (secondary N) is 1. The van der Waals surface area contributed by atoms with Crippen molar-refractivity contribution in [3.63, 3.8) is 0 Å². The van der Waals surface area contributed by atoms with Crippen LogP contribution in [-0.2, 0) is 6.54 Å². The zero-order valence-corrected chi connectivity index (χ0v) is 10.2. The number of benzene rings is 1. The SMILES string of the molecule is N[C@@H]1CCCC[C@H]1NCc1ccccc1Cl. The molecule has 1 aromatic carbocycles. The summed E-state index contributed by atoms with van der Waals surface area (Å²) in [5.41, 5.74) is 7.24. The summed E-state index contributed by atoms with van der Waals surface area (Å²) in [5.74, 6) is 0. The molecule has 0 aliphatic heterocycles. The predicted molar refractivity (Wildman–Crippen MR) is 68.5 cm³/mol. The third kappa shape index (κ3) is 2.97. The normalized spacial score (nSPS) is 25.6. The number of hydrogen-bond acceptors (Lipinski definition) is 2. The fraction of sp³-hybridized carbons (Fsp3) is 0.538. The van der Waals surface area contributed by atoms with Crippen molar-refractivity contribution in [3.8, 4) is 0 Å². The Kier molecular flexibility index (Phi) is 4.22. The Bertz CT molecular complexity index is 340. The minimum absolute atomic E-state index is 0.302. The molecule has 0 heterocycles. The van der Waals surface area contributed by atoms with Gasteiger partial charge in [0.05, 0.1) is 0 Å². The van der Waals surface area contributed by atoms with Crippen LogP contribution < -0.4 is 11.1 Å². The second-order valence-electron chi connectivity index (χ2n) is 4.53. The molecule has 0 radical (unpaired) electrons. The third-order valence-corrected chi connectivity index (χ3v) is 3.70. The minimum atomic E-state index is 0.302. The smallest absolute Gasteiger partial charge is 0.0450 e. The average molecular weight is 239 g/mol. The Morgan fingerprint density at radius 2 is 2.00 bits per heavy atom. The molecule has 0 amide bonds. The summed E-state index contributed by atoms with van der Waals surface area (Å²) in [5, 5.41) is 4.35. The van der Waals surface area contributed by atoms with Gasteiger partial charge in [0, 0.05) is 23.7 Å². The zero-order chi connectivity index (χ0) is 11.4. The Labute approximate surface area is 102 Å². The van der Waals surface area contributed by atoms with Gasteiger partial charge in [0.25, 0.3) is 0 Å². The average Bonchev–Trinajstić information content (AvgIpc) is 2.30. The quantitative estimate of drug-likeness (QED) is 0.850. The summed E-state index contributed by atoms with van der Waals surface area (Å²) in [6.45, 7) is 0.818. The lowest BCUT2D eigenvalue weighted by molar-refractivity contribution is 0.326. The van der Waals surface area contributed by atoms with Gasteiger partial charge < -0.3 is 11.1 Å². The van der Waals surface area contributed by atoms with Crippen molar-refractivity contribution < 1.29 is 0 Å². The fourth-order valence-electron chi connectivity index (χ4n) is 2.30. The van der Waals surface area contributed by atoms with Crippen LogP contribution in [0.2, 0.25) is 5.02 Å². The Morgan fingerprint density at radius 3 is 2.75 bits per heavy atom. The van der Waals surface area contributed by atoms with Crippen LogP contribution in [0.5, 0.6) is 0 Å². The molecule has 1 saturated carbocycles. The van der Waals surface area contributed by atoms with E-state index < -0.39 is 0 Å². The van der Waals surface area contributed by atoms with E-state index in [0.717, 1.165) is 23.6 Å². The van der Waals surface area contributed by atoms with E-state index in [1.165, 1.54) is 19.3 Å². The number of halogens is 1. The lowest BCUT2D eigenvalue weighted by Gasteiger charge is -2.29. The molecule has 1 aliphatic carbocycles. The van der Waals surface area contributed by atoms with Crippen LogP contribution in [0.15, 0.2) is 24.3 Å². The van der Waals surface area contributed by atoms with Crippen molar-refractivity contribution in [2.24, 2.45) is 5.73 Å². The molecule has 88 valence electrons. The van der Waals surface area contributed by atoms with Crippen molar-refractivity contribution in [1.82, 2.24) is 5.32 Å². The van der Waals surface area contributed by atoms with Crippen LogP contribution >= 0.6 is 11.6 Å². The topological polar surface area (TPSA) is 38.0 Å². The van der Waals surface area contributed by atoms with Gasteiger partial charge in [-0.1, -0.05) is 42.6 Å². The van der Waals surface area contributed by atoms with E-state index in [0.29, 0.717) is 12.1 Å². The van der Waals surface area contributed by atoms with E-state index >= 15 is 0 Å². The molecule has 0 bridgehead atoms. The zero-order valence-electron chi connectivity index (χ0n) is 9.45. The van der Waals surface area contributed by atoms with E-state index in [4.69, 9.17) is 17.3 Å². The van der Waals surface area contributed by atoms with Crippen LogP contribution in [0.4, 0.5) is 0 Å². The van der Waals surface area contributed by atoms with E-state index in [1.54, 1.807) is 0 Å². The molecule has 1 fully saturated rings. The van der Waals surface area contributed by atoms with Gasteiger partial charge >= 0.3 is 0 Å². The highest BCUT2D eigenvalue weighted by Crippen LogP contribution is 2.19. The van der Waals surface area contributed by atoms with Gasteiger partial charge in [-0.2, -0.15) is 0 Å². The molecule has 2 atom stereocenters. The van der Waals surface area contributed by atoms with E-state index in [1.807, 2.05) is 18.2 Å². The summed E-state index contributed by atoms with van der Waals surface area (Å²) < 4.78 is 0. The van der Waals surface area contributed by atoms with Gasteiger partial charge in [0.15, 0.2) is 0 Å². The first kappa shape index (κ1) is 11.9. The lowest BCUT2D eigenvalue weighted by atomic mass is 9.91. The molecule has 3 N–H and O–H groups in total. The highest BCUT2D eigenvalue weighted by atomic mass is 35.5. The molecule has 0 spiro atoms. The second kappa shape index (κ2) is 5.67. The van der Waals surface area contributed by atoms with Crippen molar-refractivity contribution in [1.29, 1.82) is 0 Å². The largest absolute Gasteiger partial charge is 0.326 e. The molecule has 1 aromatic rings. The highest BCUT2D eigenvalue weighted by molar-refractivity contribution is 6.31. The monoisotopic (exact) mass is 238 g/mol. The van der Waals surface area contributed by atoms with Crippen LogP contribution in [0.3, 0.4) is 0 Å². The maximum absolute atomic E-state index is 6.11. The molecule has 2 rings (SSSR count). The first-order valence-electron chi connectivity index (χ1n) is 6.00. The predicted octanol–water partition coefficient (Wildman–Crippen LogP) is 2.70. The van der Waals surface area contributed by atoms with Crippen LogP contribution in [0.25, 0.3) is 0 Å². The maximum atomic E-state index is 6.11. The summed E-state index contributed by atoms with van der Waals surface area (Å²) in [6, 6.07) is 8.71. The number of rotatable bonds is 3.